The van der Waals surface area contributed by atoms with Crippen LogP contribution in [0.3, 0.4) is 0 Å². The number of hydrogen-bond acceptors (Lipinski definition) is 4. The van der Waals surface area contributed by atoms with E-state index in [1.165, 1.54) is 11.8 Å². The summed E-state index contributed by atoms with van der Waals surface area (Å²) in [6.45, 7) is 3.55. The summed E-state index contributed by atoms with van der Waals surface area (Å²) in [7, 11) is -0.873. The van der Waals surface area contributed by atoms with Gasteiger partial charge in [-0.2, -0.15) is 0 Å². The Labute approximate surface area is 128 Å². The molecular formula is C16H26N2O2S. The van der Waals surface area contributed by atoms with Gasteiger partial charge in [-0.1, -0.05) is 30.3 Å². The second kappa shape index (κ2) is 6.90. The number of nitrogens with one attached hydrogen (secondary N) is 1. The number of benzene rings is 1. The van der Waals surface area contributed by atoms with Crippen molar-refractivity contribution in [2.24, 2.45) is 0 Å². The number of sulfone groups is 1. The molecule has 118 valence electrons. The maximum absolute atomic E-state index is 11.3. The molecule has 1 aliphatic rings. The summed E-state index contributed by atoms with van der Waals surface area (Å²) in [6.07, 6.45) is 3.50. The number of hydrogen-bond donors (Lipinski definition) is 1. The minimum absolute atomic E-state index is 0.138. The van der Waals surface area contributed by atoms with Crippen LogP contribution < -0.4 is 5.32 Å². The minimum Gasteiger partial charge on any atom is -0.317 e. The molecule has 21 heavy (non-hydrogen) atoms. The summed E-state index contributed by atoms with van der Waals surface area (Å²) in [4.78, 5) is 2.17. The highest BCUT2D eigenvalue weighted by atomic mass is 32.2. The van der Waals surface area contributed by atoms with Crippen LogP contribution in [-0.2, 0) is 15.3 Å². The van der Waals surface area contributed by atoms with E-state index in [-0.39, 0.29) is 11.2 Å². The Kier molecular flexibility index (Phi) is 5.41. The first-order chi connectivity index (χ1) is 9.91. The number of likely N-dealkylation sites (N-methyl/N-ethyl adjacent to an activating group) is 1. The van der Waals surface area contributed by atoms with Gasteiger partial charge >= 0.3 is 0 Å². The molecule has 0 amide bonds. The minimum atomic E-state index is -2.90. The van der Waals surface area contributed by atoms with Crippen LogP contribution in [0, 0.1) is 0 Å². The van der Waals surface area contributed by atoms with E-state index in [1.807, 2.05) is 13.1 Å². The van der Waals surface area contributed by atoms with Crippen LogP contribution in [-0.4, -0.2) is 58.6 Å². The van der Waals surface area contributed by atoms with Crippen molar-refractivity contribution in [3.8, 4) is 0 Å². The van der Waals surface area contributed by atoms with Gasteiger partial charge in [0.05, 0.1) is 5.75 Å². The highest BCUT2D eigenvalue weighted by Gasteiger charge is 2.34. The fourth-order valence-corrected chi connectivity index (χ4v) is 3.80. The number of piperidine rings is 1. The summed E-state index contributed by atoms with van der Waals surface area (Å²) in [6, 6.07) is 10.6. The van der Waals surface area contributed by atoms with Crippen LogP contribution in [0.25, 0.3) is 0 Å². The Bertz CT molecular complexity index is 537. The standard InChI is InChI=1S/C16H26N2O2S/c1-18(12-13-21(2,19)20)14-16(8-10-17-11-9-16)15-6-4-3-5-7-15/h3-7,17H,8-14H2,1-2H3. The quantitative estimate of drug-likeness (QED) is 0.860. The third-order valence-corrected chi connectivity index (χ3v) is 5.29. The molecule has 2 rings (SSSR count). The average molecular weight is 310 g/mol. The van der Waals surface area contributed by atoms with Crippen LogP contribution >= 0.6 is 0 Å². The molecule has 0 bridgehead atoms. The van der Waals surface area contributed by atoms with Gasteiger partial charge in [0.25, 0.3) is 0 Å². The molecule has 5 heteroatoms. The van der Waals surface area contributed by atoms with Gasteiger partial charge in [0.15, 0.2) is 0 Å². The van der Waals surface area contributed by atoms with Crippen molar-refractivity contribution in [3.63, 3.8) is 0 Å². The van der Waals surface area contributed by atoms with Crippen molar-refractivity contribution in [2.45, 2.75) is 18.3 Å². The summed E-state index contributed by atoms with van der Waals surface area (Å²) >= 11 is 0. The van der Waals surface area contributed by atoms with Crippen LogP contribution in [0.1, 0.15) is 18.4 Å². The lowest BCUT2D eigenvalue weighted by Gasteiger charge is -2.41. The molecular weight excluding hydrogens is 284 g/mol. The lowest BCUT2D eigenvalue weighted by molar-refractivity contribution is 0.207. The zero-order chi connectivity index (χ0) is 15.3. The van der Waals surface area contributed by atoms with Gasteiger partial charge in [0, 0.05) is 24.8 Å². The largest absolute Gasteiger partial charge is 0.317 e. The summed E-state index contributed by atoms with van der Waals surface area (Å²) in [5.74, 6) is 0.229. The first kappa shape index (κ1) is 16.5. The first-order valence-electron chi connectivity index (χ1n) is 7.54. The second-order valence-corrected chi connectivity index (χ2v) is 8.52. The molecule has 0 saturated carbocycles. The molecule has 1 saturated heterocycles. The van der Waals surface area contributed by atoms with Crippen LogP contribution in [0.2, 0.25) is 0 Å². The molecule has 1 aliphatic heterocycles. The predicted molar refractivity (Wildman–Crippen MR) is 87.4 cm³/mol. The Morgan fingerprint density at radius 1 is 1.19 bits per heavy atom. The lowest BCUT2D eigenvalue weighted by atomic mass is 9.73. The third-order valence-electron chi connectivity index (χ3n) is 4.36. The highest BCUT2D eigenvalue weighted by Crippen LogP contribution is 2.34. The molecule has 1 heterocycles. The van der Waals surface area contributed by atoms with Gasteiger partial charge in [0.2, 0.25) is 0 Å². The highest BCUT2D eigenvalue weighted by molar-refractivity contribution is 7.90. The molecule has 0 unspecified atom stereocenters. The third kappa shape index (κ3) is 4.80. The van der Waals surface area contributed by atoms with E-state index in [0.717, 1.165) is 32.5 Å². The Hall–Kier alpha value is -0.910. The Balaban J connectivity index is 2.10. The van der Waals surface area contributed by atoms with E-state index in [9.17, 15) is 8.42 Å². The fraction of sp³-hybridized carbons (Fsp3) is 0.625. The van der Waals surface area contributed by atoms with Gasteiger partial charge in [-0.05, 0) is 38.5 Å². The zero-order valence-electron chi connectivity index (χ0n) is 13.0. The molecule has 1 N–H and O–H groups in total. The van der Waals surface area contributed by atoms with E-state index >= 15 is 0 Å². The van der Waals surface area contributed by atoms with Gasteiger partial charge in [-0.3, -0.25) is 0 Å². The van der Waals surface area contributed by atoms with Crippen LogP contribution in [0.15, 0.2) is 30.3 Å². The average Bonchev–Trinajstić information content (AvgIpc) is 2.46. The molecule has 0 atom stereocenters. The molecule has 0 aliphatic carbocycles. The van der Waals surface area contributed by atoms with E-state index in [2.05, 4.69) is 34.5 Å². The molecule has 1 fully saturated rings. The summed E-state index contributed by atoms with van der Waals surface area (Å²) in [5, 5.41) is 3.42. The van der Waals surface area contributed by atoms with Crippen molar-refractivity contribution in [1.29, 1.82) is 0 Å². The van der Waals surface area contributed by atoms with E-state index < -0.39 is 9.84 Å². The smallest absolute Gasteiger partial charge is 0.148 e. The van der Waals surface area contributed by atoms with Crippen molar-refractivity contribution in [3.05, 3.63) is 35.9 Å². The molecule has 0 aromatic heterocycles. The van der Waals surface area contributed by atoms with Gasteiger partial charge in [-0.25, -0.2) is 8.42 Å². The van der Waals surface area contributed by atoms with E-state index in [1.54, 1.807) is 0 Å². The van der Waals surface area contributed by atoms with Gasteiger partial charge < -0.3 is 10.2 Å². The predicted octanol–water partition coefficient (Wildman–Crippen LogP) is 1.28. The summed E-state index contributed by atoms with van der Waals surface area (Å²) < 4.78 is 22.7. The van der Waals surface area contributed by atoms with Crippen LogP contribution in [0.5, 0.6) is 0 Å². The second-order valence-electron chi connectivity index (χ2n) is 6.26. The topological polar surface area (TPSA) is 49.4 Å². The van der Waals surface area contributed by atoms with E-state index in [4.69, 9.17) is 0 Å². The fourth-order valence-electron chi connectivity index (χ4n) is 3.15. The van der Waals surface area contributed by atoms with Gasteiger partial charge in [0.1, 0.15) is 9.84 Å². The zero-order valence-corrected chi connectivity index (χ0v) is 13.8. The van der Waals surface area contributed by atoms with E-state index in [0.29, 0.717) is 6.54 Å². The van der Waals surface area contributed by atoms with Crippen molar-refractivity contribution in [2.75, 3.05) is 45.2 Å². The molecule has 1 aromatic rings. The van der Waals surface area contributed by atoms with Crippen LogP contribution in [0.4, 0.5) is 0 Å². The Morgan fingerprint density at radius 3 is 2.38 bits per heavy atom. The maximum Gasteiger partial charge on any atom is 0.148 e. The van der Waals surface area contributed by atoms with Crippen molar-refractivity contribution < 1.29 is 8.42 Å². The SMILES string of the molecule is CN(CCS(C)(=O)=O)CC1(c2ccccc2)CCNCC1. The van der Waals surface area contributed by atoms with Crippen molar-refractivity contribution in [1.82, 2.24) is 10.2 Å². The molecule has 4 nitrogen and oxygen atoms in total. The van der Waals surface area contributed by atoms with Crippen molar-refractivity contribution >= 4 is 9.84 Å². The lowest BCUT2D eigenvalue weighted by Crippen LogP contribution is -2.47. The number of rotatable bonds is 6. The molecule has 0 spiro atoms. The number of nitrogens with zero attached hydrogens (tertiary/aromatic N) is 1. The maximum atomic E-state index is 11.3. The monoisotopic (exact) mass is 310 g/mol. The summed E-state index contributed by atoms with van der Waals surface area (Å²) in [5.41, 5.74) is 1.51. The Morgan fingerprint density at radius 2 is 1.81 bits per heavy atom. The molecule has 1 aromatic carbocycles. The normalized spacial score (nSPS) is 18.8. The van der Waals surface area contributed by atoms with Gasteiger partial charge in [-0.15, -0.1) is 0 Å². The first-order valence-corrected chi connectivity index (χ1v) is 9.60. The molecule has 0 radical (unpaired) electrons.